The summed E-state index contributed by atoms with van der Waals surface area (Å²) in [5.74, 6) is -1.37. The van der Waals surface area contributed by atoms with E-state index in [1.165, 1.54) is 43.3 Å². The molecule has 2 atom stereocenters. The number of carbonyl (C=O) groups is 2. The zero-order valence-corrected chi connectivity index (χ0v) is 17.4. The molecule has 2 aromatic carbocycles. The molecule has 166 valence electrons. The molecule has 5 nitrogen and oxygen atoms in total. The first-order valence-corrected chi connectivity index (χ1v) is 10.1. The second kappa shape index (κ2) is 9.60. The predicted octanol–water partition coefficient (Wildman–Crippen LogP) is 5.03. The summed E-state index contributed by atoms with van der Waals surface area (Å²) in [7, 11) is 0. The van der Waals surface area contributed by atoms with Crippen molar-refractivity contribution in [1.29, 1.82) is 0 Å². The van der Waals surface area contributed by atoms with Crippen LogP contribution in [0.4, 0.5) is 13.2 Å². The van der Waals surface area contributed by atoms with Gasteiger partial charge in [-0.3, -0.25) is 4.79 Å². The second-order valence-electron chi connectivity index (χ2n) is 7.19. The minimum Gasteiger partial charge on any atom is -0.474 e. The fourth-order valence-corrected chi connectivity index (χ4v) is 3.38. The number of amides is 1. The molecule has 2 unspecified atom stereocenters. The van der Waals surface area contributed by atoms with Crippen molar-refractivity contribution in [3.63, 3.8) is 0 Å². The number of hydrogen-bond donors (Lipinski definition) is 0. The zero-order valence-electron chi connectivity index (χ0n) is 16.7. The number of ether oxygens (including phenoxy) is 2. The van der Waals surface area contributed by atoms with Crippen LogP contribution in [0.1, 0.15) is 37.0 Å². The first-order chi connectivity index (χ1) is 14.6. The molecule has 0 aliphatic carbocycles. The lowest BCUT2D eigenvalue weighted by molar-refractivity contribution is -0.164. The average molecular weight is 456 g/mol. The fraction of sp³-hybridized carbons (Fsp3) is 0.364. The van der Waals surface area contributed by atoms with Crippen LogP contribution in [-0.4, -0.2) is 36.0 Å². The van der Waals surface area contributed by atoms with Crippen LogP contribution in [0.2, 0.25) is 5.02 Å². The number of nitrogens with zero attached hydrogens (tertiary/aromatic N) is 1. The van der Waals surface area contributed by atoms with Gasteiger partial charge < -0.3 is 14.4 Å². The molecule has 1 fully saturated rings. The normalized spacial score (nSPS) is 16.0. The Morgan fingerprint density at radius 2 is 1.71 bits per heavy atom. The van der Waals surface area contributed by atoms with Crippen molar-refractivity contribution in [3.8, 4) is 5.75 Å². The van der Waals surface area contributed by atoms with Crippen LogP contribution in [0.3, 0.4) is 0 Å². The minimum absolute atomic E-state index is 0.162. The molecule has 0 spiro atoms. The van der Waals surface area contributed by atoms with Crippen molar-refractivity contribution in [1.82, 2.24) is 4.90 Å². The van der Waals surface area contributed by atoms with E-state index in [1.54, 1.807) is 4.90 Å². The molecule has 1 heterocycles. The van der Waals surface area contributed by atoms with Gasteiger partial charge in [-0.1, -0.05) is 29.8 Å². The number of rotatable bonds is 6. The topological polar surface area (TPSA) is 55.8 Å². The molecule has 1 amide bonds. The summed E-state index contributed by atoms with van der Waals surface area (Å²) >= 11 is 5.89. The molecule has 1 aliphatic rings. The highest BCUT2D eigenvalue weighted by atomic mass is 35.5. The smallest absolute Gasteiger partial charge is 0.416 e. The Labute approximate surface area is 182 Å². The van der Waals surface area contributed by atoms with E-state index in [-0.39, 0.29) is 11.7 Å². The van der Waals surface area contributed by atoms with Crippen LogP contribution in [0.15, 0.2) is 48.5 Å². The molecule has 2 aromatic rings. The highest BCUT2D eigenvalue weighted by molar-refractivity contribution is 6.30. The number of halogens is 4. The van der Waals surface area contributed by atoms with E-state index in [1.807, 2.05) is 0 Å². The molecule has 0 bridgehead atoms. The Bertz CT molecular complexity index is 927. The quantitative estimate of drug-likeness (QED) is 0.573. The maximum Gasteiger partial charge on any atom is 0.416 e. The molecule has 0 N–H and O–H groups in total. The third-order valence-electron chi connectivity index (χ3n) is 4.86. The number of carbonyl (C=O) groups excluding carboxylic acids is 2. The van der Waals surface area contributed by atoms with E-state index in [2.05, 4.69) is 0 Å². The Balaban J connectivity index is 1.82. The first-order valence-electron chi connectivity index (χ1n) is 9.74. The number of alkyl halides is 3. The lowest BCUT2D eigenvalue weighted by atomic mass is 10.1. The van der Waals surface area contributed by atoms with Crippen molar-refractivity contribution in [2.24, 2.45) is 0 Å². The van der Waals surface area contributed by atoms with Crippen molar-refractivity contribution in [2.45, 2.75) is 38.1 Å². The van der Waals surface area contributed by atoms with Crippen LogP contribution in [0, 0.1) is 0 Å². The summed E-state index contributed by atoms with van der Waals surface area (Å²) < 4.78 is 50.0. The number of esters is 1. The first kappa shape index (κ1) is 22.9. The van der Waals surface area contributed by atoms with Crippen molar-refractivity contribution < 1.29 is 32.2 Å². The van der Waals surface area contributed by atoms with Crippen LogP contribution in [0.5, 0.6) is 5.75 Å². The van der Waals surface area contributed by atoms with Gasteiger partial charge in [-0.25, -0.2) is 4.79 Å². The molecular formula is C22H21ClF3NO4. The van der Waals surface area contributed by atoms with Crippen molar-refractivity contribution >= 4 is 23.5 Å². The maximum absolute atomic E-state index is 13.0. The Morgan fingerprint density at radius 1 is 1.06 bits per heavy atom. The summed E-state index contributed by atoms with van der Waals surface area (Å²) in [5.41, 5.74) is -0.585. The van der Waals surface area contributed by atoms with E-state index < -0.39 is 29.9 Å². The molecular weight excluding hydrogens is 435 g/mol. The van der Waals surface area contributed by atoms with E-state index in [0.717, 1.165) is 25.0 Å². The van der Waals surface area contributed by atoms with Gasteiger partial charge in [-0.05, 0) is 50.1 Å². The minimum atomic E-state index is -4.56. The number of hydrogen-bond acceptors (Lipinski definition) is 4. The van der Waals surface area contributed by atoms with Gasteiger partial charge in [-0.2, -0.15) is 13.2 Å². The van der Waals surface area contributed by atoms with E-state index in [0.29, 0.717) is 23.7 Å². The SMILES string of the molecule is CC(OC(=O)C(Oc1cccc(C(F)(F)F)c1)c1ccc(Cl)cc1)C(=O)N1CCCC1. The Hall–Kier alpha value is -2.74. The van der Waals surface area contributed by atoms with Crippen LogP contribution in [-0.2, 0) is 20.5 Å². The highest BCUT2D eigenvalue weighted by Gasteiger charge is 2.33. The predicted molar refractivity (Wildman–Crippen MR) is 108 cm³/mol. The molecule has 0 aromatic heterocycles. The Morgan fingerprint density at radius 3 is 2.32 bits per heavy atom. The third-order valence-corrected chi connectivity index (χ3v) is 5.11. The number of likely N-dealkylation sites (tertiary alicyclic amines) is 1. The van der Waals surface area contributed by atoms with Gasteiger partial charge in [0, 0.05) is 23.7 Å². The molecule has 9 heteroatoms. The molecule has 3 rings (SSSR count). The average Bonchev–Trinajstić information content (AvgIpc) is 3.26. The number of benzene rings is 2. The van der Waals surface area contributed by atoms with E-state index in [9.17, 15) is 22.8 Å². The summed E-state index contributed by atoms with van der Waals surface area (Å²) in [4.78, 5) is 26.9. The van der Waals surface area contributed by atoms with Crippen molar-refractivity contribution in [2.75, 3.05) is 13.1 Å². The van der Waals surface area contributed by atoms with E-state index in [4.69, 9.17) is 21.1 Å². The van der Waals surface area contributed by atoms with Gasteiger partial charge in [0.1, 0.15) is 5.75 Å². The van der Waals surface area contributed by atoms with Gasteiger partial charge >= 0.3 is 12.1 Å². The van der Waals surface area contributed by atoms with E-state index >= 15 is 0 Å². The summed E-state index contributed by atoms with van der Waals surface area (Å²) in [6.07, 6.45) is -5.22. The lowest BCUT2D eigenvalue weighted by Gasteiger charge is -2.24. The lowest BCUT2D eigenvalue weighted by Crippen LogP contribution is -2.39. The largest absolute Gasteiger partial charge is 0.474 e. The third kappa shape index (κ3) is 5.91. The van der Waals surface area contributed by atoms with Crippen LogP contribution >= 0.6 is 11.6 Å². The van der Waals surface area contributed by atoms with Gasteiger partial charge in [0.2, 0.25) is 6.10 Å². The molecule has 31 heavy (non-hydrogen) atoms. The summed E-state index contributed by atoms with van der Waals surface area (Å²) in [5, 5.41) is 0.410. The molecule has 1 saturated heterocycles. The monoisotopic (exact) mass is 455 g/mol. The zero-order chi connectivity index (χ0) is 22.6. The van der Waals surface area contributed by atoms with Crippen LogP contribution < -0.4 is 4.74 Å². The second-order valence-corrected chi connectivity index (χ2v) is 7.62. The highest BCUT2D eigenvalue weighted by Crippen LogP contribution is 2.33. The molecule has 0 saturated carbocycles. The van der Waals surface area contributed by atoms with Gasteiger partial charge in [0.05, 0.1) is 5.56 Å². The maximum atomic E-state index is 13.0. The Kier molecular flexibility index (Phi) is 7.10. The van der Waals surface area contributed by atoms with Gasteiger partial charge in [0.25, 0.3) is 5.91 Å². The summed E-state index contributed by atoms with van der Waals surface area (Å²) in [6.45, 7) is 2.66. The van der Waals surface area contributed by atoms with Gasteiger partial charge in [-0.15, -0.1) is 0 Å². The van der Waals surface area contributed by atoms with Gasteiger partial charge in [0.15, 0.2) is 6.10 Å². The molecule has 0 radical (unpaired) electrons. The standard InChI is InChI=1S/C22H21ClF3NO4/c1-14(20(28)27-11-2-3-12-27)30-21(29)19(15-7-9-17(23)10-8-15)31-18-6-4-5-16(13-18)22(24,25)26/h4-10,13-14,19H,2-3,11-12H2,1H3. The summed E-state index contributed by atoms with van der Waals surface area (Å²) in [6, 6.07) is 10.3. The molecule has 1 aliphatic heterocycles. The van der Waals surface area contributed by atoms with Crippen molar-refractivity contribution in [3.05, 3.63) is 64.7 Å². The fourth-order valence-electron chi connectivity index (χ4n) is 3.25. The van der Waals surface area contributed by atoms with Crippen LogP contribution in [0.25, 0.3) is 0 Å².